The molecule has 0 aromatic heterocycles. The van der Waals surface area contributed by atoms with Crippen LogP contribution in [0, 0.1) is 5.41 Å². The molecule has 4 nitrogen and oxygen atoms in total. The number of amides is 1. The molecule has 1 aliphatic rings. The number of hydrogen-bond donors (Lipinski definition) is 0. The van der Waals surface area contributed by atoms with Gasteiger partial charge in [-0.2, -0.15) is 0 Å². The van der Waals surface area contributed by atoms with E-state index < -0.39 is 26.5 Å². The van der Waals surface area contributed by atoms with E-state index >= 15 is 0 Å². The first-order chi connectivity index (χ1) is 15.9. The van der Waals surface area contributed by atoms with Crippen LogP contribution >= 0.6 is 23.2 Å². The molecule has 0 radical (unpaired) electrons. The summed E-state index contributed by atoms with van der Waals surface area (Å²) in [7, 11) is -3.39. The molecule has 2 aromatic rings. The summed E-state index contributed by atoms with van der Waals surface area (Å²) in [6.45, 7) is 9.49. The van der Waals surface area contributed by atoms with Crippen LogP contribution in [0.1, 0.15) is 63.1 Å². The summed E-state index contributed by atoms with van der Waals surface area (Å²) >= 11 is 12.6. The Balaban J connectivity index is 2.29. The number of piperidine rings is 1. The third-order valence-electron chi connectivity index (χ3n) is 7.18. The average molecular weight is 523 g/mol. The van der Waals surface area contributed by atoms with Crippen LogP contribution in [-0.4, -0.2) is 36.8 Å². The fraction of sp³-hybridized carbons (Fsp3) is 0.444. The normalized spacial score (nSPS) is 25.1. The number of sulfone groups is 1. The van der Waals surface area contributed by atoms with Crippen molar-refractivity contribution in [3.05, 3.63) is 82.4 Å². The predicted octanol–water partition coefficient (Wildman–Crippen LogP) is 6.84. The SMILES string of the molecule is C=CC[C@@]1(C)C[C@H](c2cccc(Cl)c2)[C@@H](c2ccc(Cl)cc2)N(C(CC)C(C)S(C)(=O)=O)C1=O. The van der Waals surface area contributed by atoms with E-state index in [-0.39, 0.29) is 17.9 Å². The minimum Gasteiger partial charge on any atom is -0.330 e. The molecular formula is C27H33Cl2NO3S. The molecule has 1 fully saturated rings. The Morgan fingerprint density at radius 3 is 2.32 bits per heavy atom. The van der Waals surface area contributed by atoms with E-state index in [0.29, 0.717) is 29.3 Å². The van der Waals surface area contributed by atoms with Crippen molar-refractivity contribution in [1.29, 1.82) is 0 Å². The largest absolute Gasteiger partial charge is 0.330 e. The topological polar surface area (TPSA) is 54.5 Å². The van der Waals surface area contributed by atoms with E-state index in [2.05, 4.69) is 6.58 Å². The van der Waals surface area contributed by atoms with Gasteiger partial charge in [0.15, 0.2) is 9.84 Å². The first-order valence-electron chi connectivity index (χ1n) is 11.6. The van der Waals surface area contributed by atoms with Gasteiger partial charge in [-0.1, -0.05) is 67.4 Å². The van der Waals surface area contributed by atoms with Crippen LogP contribution in [0.4, 0.5) is 0 Å². The van der Waals surface area contributed by atoms with E-state index in [9.17, 15) is 13.2 Å². The van der Waals surface area contributed by atoms with Crippen molar-refractivity contribution in [3.63, 3.8) is 0 Å². The summed E-state index contributed by atoms with van der Waals surface area (Å²) in [6, 6.07) is 14.3. The first-order valence-corrected chi connectivity index (χ1v) is 14.3. The lowest BCUT2D eigenvalue weighted by molar-refractivity contribution is -0.154. The van der Waals surface area contributed by atoms with E-state index in [1.54, 1.807) is 13.0 Å². The molecule has 0 N–H and O–H groups in total. The van der Waals surface area contributed by atoms with Gasteiger partial charge in [0.25, 0.3) is 0 Å². The summed E-state index contributed by atoms with van der Waals surface area (Å²) in [5.41, 5.74) is 1.21. The Labute approximate surface area is 213 Å². The van der Waals surface area contributed by atoms with E-state index in [4.69, 9.17) is 23.2 Å². The fourth-order valence-electron chi connectivity index (χ4n) is 5.29. The Kier molecular flexibility index (Phi) is 8.22. The maximum Gasteiger partial charge on any atom is 0.229 e. The Bertz CT molecular complexity index is 1150. The molecule has 0 spiro atoms. The van der Waals surface area contributed by atoms with Crippen LogP contribution in [-0.2, 0) is 14.6 Å². The smallest absolute Gasteiger partial charge is 0.229 e. The van der Waals surface area contributed by atoms with Crippen molar-refractivity contribution in [2.75, 3.05) is 6.26 Å². The maximum atomic E-state index is 14.2. The standard InChI is InChI=1S/C27H33Cl2NO3S/c1-6-15-27(4)17-23(20-9-8-10-22(29)16-20)25(19-11-13-21(28)14-12-19)30(26(27)31)24(7-2)18(3)34(5,32)33/h6,8-14,16,18,23-25H,1,7,15,17H2,2-5H3/t18?,23-,24?,25-,27+/m1/s1. The van der Waals surface area contributed by atoms with Crippen molar-refractivity contribution in [1.82, 2.24) is 4.90 Å². The molecule has 7 heteroatoms. The summed E-state index contributed by atoms with van der Waals surface area (Å²) in [4.78, 5) is 16.0. The molecule has 1 amide bonds. The van der Waals surface area contributed by atoms with Crippen molar-refractivity contribution >= 4 is 38.9 Å². The molecule has 184 valence electrons. The number of likely N-dealkylation sites (tertiary alicyclic amines) is 1. The molecule has 5 atom stereocenters. The predicted molar refractivity (Wildman–Crippen MR) is 141 cm³/mol. The number of carbonyl (C=O) groups excluding carboxylic acids is 1. The minimum atomic E-state index is -3.39. The second kappa shape index (κ2) is 10.4. The second-order valence-electron chi connectivity index (χ2n) is 9.64. The molecule has 1 heterocycles. The van der Waals surface area contributed by atoms with Gasteiger partial charge in [0.05, 0.1) is 16.7 Å². The van der Waals surface area contributed by atoms with Gasteiger partial charge < -0.3 is 4.90 Å². The molecule has 0 saturated carbocycles. The second-order valence-corrected chi connectivity index (χ2v) is 12.9. The van der Waals surface area contributed by atoms with Crippen LogP contribution in [0.5, 0.6) is 0 Å². The van der Waals surface area contributed by atoms with Crippen LogP contribution in [0.3, 0.4) is 0 Å². The zero-order valence-electron chi connectivity index (χ0n) is 20.2. The van der Waals surface area contributed by atoms with Gasteiger partial charge in [-0.3, -0.25) is 4.79 Å². The highest BCUT2D eigenvalue weighted by Gasteiger charge is 2.52. The number of benzene rings is 2. The maximum absolute atomic E-state index is 14.2. The summed E-state index contributed by atoms with van der Waals surface area (Å²) in [5.74, 6) is -0.142. The Morgan fingerprint density at radius 1 is 1.15 bits per heavy atom. The number of hydrogen-bond acceptors (Lipinski definition) is 3. The molecule has 3 rings (SSSR count). The highest BCUT2D eigenvalue weighted by atomic mass is 35.5. The molecule has 0 bridgehead atoms. The van der Waals surface area contributed by atoms with Gasteiger partial charge in [0.2, 0.25) is 5.91 Å². The average Bonchev–Trinajstić information content (AvgIpc) is 2.77. The lowest BCUT2D eigenvalue weighted by Gasteiger charge is -2.53. The van der Waals surface area contributed by atoms with Crippen LogP contribution in [0.15, 0.2) is 61.2 Å². The van der Waals surface area contributed by atoms with Crippen molar-refractivity contribution < 1.29 is 13.2 Å². The summed E-state index contributed by atoms with van der Waals surface area (Å²) in [5, 5.41) is 0.505. The third kappa shape index (κ3) is 5.37. The molecular weight excluding hydrogens is 489 g/mol. The van der Waals surface area contributed by atoms with Crippen LogP contribution in [0.25, 0.3) is 0 Å². The molecule has 2 aromatic carbocycles. The van der Waals surface area contributed by atoms with E-state index in [0.717, 1.165) is 11.1 Å². The zero-order valence-corrected chi connectivity index (χ0v) is 22.5. The fourth-order valence-corrected chi connectivity index (χ4v) is 6.51. The van der Waals surface area contributed by atoms with E-state index in [1.807, 2.05) is 67.3 Å². The van der Waals surface area contributed by atoms with Gasteiger partial charge in [-0.05, 0) is 61.6 Å². The quantitative estimate of drug-likeness (QED) is 0.357. The number of rotatable bonds is 8. The lowest BCUT2D eigenvalue weighted by Crippen LogP contribution is -2.58. The highest BCUT2D eigenvalue weighted by molar-refractivity contribution is 7.91. The minimum absolute atomic E-state index is 0.0482. The summed E-state index contributed by atoms with van der Waals surface area (Å²) < 4.78 is 25.3. The monoisotopic (exact) mass is 521 g/mol. The van der Waals surface area contributed by atoms with Gasteiger partial charge >= 0.3 is 0 Å². The molecule has 2 unspecified atom stereocenters. The Hall–Kier alpha value is -1.82. The molecule has 1 aliphatic heterocycles. The van der Waals surface area contributed by atoms with Gasteiger partial charge in [0.1, 0.15) is 0 Å². The number of allylic oxidation sites excluding steroid dienone is 1. The van der Waals surface area contributed by atoms with Gasteiger partial charge in [-0.15, -0.1) is 6.58 Å². The van der Waals surface area contributed by atoms with Crippen molar-refractivity contribution in [3.8, 4) is 0 Å². The van der Waals surface area contributed by atoms with E-state index in [1.165, 1.54) is 6.26 Å². The number of halogens is 2. The first kappa shape index (κ1) is 26.8. The molecule has 34 heavy (non-hydrogen) atoms. The molecule has 0 aliphatic carbocycles. The van der Waals surface area contributed by atoms with Gasteiger partial charge in [-0.25, -0.2) is 8.42 Å². The zero-order chi connectivity index (χ0) is 25.3. The van der Waals surface area contributed by atoms with Crippen LogP contribution in [0.2, 0.25) is 10.0 Å². The Morgan fingerprint density at radius 2 is 1.79 bits per heavy atom. The van der Waals surface area contributed by atoms with Gasteiger partial charge in [0, 0.05) is 28.3 Å². The third-order valence-corrected chi connectivity index (χ3v) is 9.33. The summed E-state index contributed by atoms with van der Waals surface area (Å²) in [6.07, 6.45) is 4.61. The number of carbonyl (C=O) groups is 1. The highest BCUT2D eigenvalue weighted by Crippen LogP contribution is 2.52. The van der Waals surface area contributed by atoms with Crippen LogP contribution < -0.4 is 0 Å². The number of nitrogens with zero attached hydrogens (tertiary/aromatic N) is 1. The lowest BCUT2D eigenvalue weighted by atomic mass is 9.67. The van der Waals surface area contributed by atoms with Crippen molar-refractivity contribution in [2.45, 2.75) is 63.3 Å². The molecule has 1 saturated heterocycles. The van der Waals surface area contributed by atoms with Crippen molar-refractivity contribution in [2.24, 2.45) is 5.41 Å².